The van der Waals surface area contributed by atoms with Gasteiger partial charge in [-0.25, -0.2) is 23.4 Å². The van der Waals surface area contributed by atoms with Crippen molar-refractivity contribution in [3.05, 3.63) is 60.6 Å². The molecule has 1 amide bonds. The number of hydrogen-bond acceptors (Lipinski definition) is 7. The first-order chi connectivity index (χ1) is 16.1. The molecule has 0 aliphatic carbocycles. The smallest absolute Gasteiger partial charge is 0.306 e. The van der Waals surface area contributed by atoms with Crippen LogP contribution in [0.5, 0.6) is 0 Å². The summed E-state index contributed by atoms with van der Waals surface area (Å²) < 4.78 is 68.2. The maximum Gasteiger partial charge on any atom is 0.408 e. The first-order valence-electron chi connectivity index (χ1n) is 9.54. The molecule has 176 valence electrons. The van der Waals surface area contributed by atoms with Crippen LogP contribution in [0.25, 0.3) is 17.3 Å². The van der Waals surface area contributed by atoms with Crippen LogP contribution in [0.15, 0.2) is 49.3 Å². The van der Waals surface area contributed by atoms with E-state index in [0.717, 1.165) is 28.7 Å². The first kappa shape index (κ1) is 22.9. The van der Waals surface area contributed by atoms with E-state index < -0.39 is 35.8 Å². The summed E-state index contributed by atoms with van der Waals surface area (Å²) in [4.78, 5) is 24.6. The molecule has 1 atom stereocenters. The predicted molar refractivity (Wildman–Crippen MR) is 106 cm³/mol. The van der Waals surface area contributed by atoms with Gasteiger partial charge in [-0.15, -0.1) is 10.2 Å². The van der Waals surface area contributed by atoms with Gasteiger partial charge in [0, 0.05) is 18.6 Å². The summed E-state index contributed by atoms with van der Waals surface area (Å²) in [6.45, 7) is 0.930. The predicted octanol–water partition coefficient (Wildman–Crippen LogP) is 3.63. The van der Waals surface area contributed by atoms with Crippen LogP contribution in [0.2, 0.25) is 0 Å². The second-order valence-corrected chi connectivity index (χ2v) is 6.88. The van der Waals surface area contributed by atoms with Gasteiger partial charge in [-0.1, -0.05) is 6.07 Å². The van der Waals surface area contributed by atoms with E-state index in [4.69, 9.17) is 0 Å². The largest absolute Gasteiger partial charge is 0.408 e. The zero-order valence-electron chi connectivity index (χ0n) is 17.1. The van der Waals surface area contributed by atoms with E-state index in [1.165, 1.54) is 36.8 Å². The molecular formula is C19H14F5N9O. The molecule has 34 heavy (non-hydrogen) atoms. The number of carbonyl (C=O) groups excluding carboxylic acids is 1. The average Bonchev–Trinajstić information content (AvgIpc) is 3.47. The van der Waals surface area contributed by atoms with Gasteiger partial charge in [-0.2, -0.15) is 18.3 Å². The van der Waals surface area contributed by atoms with Gasteiger partial charge < -0.3 is 9.88 Å². The van der Waals surface area contributed by atoms with Gasteiger partial charge in [0.15, 0.2) is 11.6 Å². The van der Waals surface area contributed by atoms with Crippen LogP contribution < -0.4 is 5.32 Å². The number of nitrogens with zero attached hydrogens (tertiary/aromatic N) is 8. The van der Waals surface area contributed by atoms with Crippen molar-refractivity contribution in [2.24, 2.45) is 0 Å². The van der Waals surface area contributed by atoms with Crippen molar-refractivity contribution in [2.75, 3.05) is 5.32 Å². The van der Waals surface area contributed by atoms with Gasteiger partial charge in [-0.05, 0) is 19.1 Å². The van der Waals surface area contributed by atoms with E-state index in [2.05, 4.69) is 35.6 Å². The minimum Gasteiger partial charge on any atom is -0.306 e. The Morgan fingerprint density at radius 3 is 2.65 bits per heavy atom. The molecule has 4 heterocycles. The highest BCUT2D eigenvalue weighted by Gasteiger charge is 2.38. The molecule has 0 saturated carbocycles. The topological polar surface area (TPSA) is 116 Å². The highest BCUT2D eigenvalue weighted by molar-refractivity contribution is 6.04. The Morgan fingerprint density at radius 2 is 1.97 bits per heavy atom. The van der Waals surface area contributed by atoms with E-state index >= 15 is 0 Å². The van der Waals surface area contributed by atoms with Crippen LogP contribution in [0.4, 0.5) is 27.8 Å². The van der Waals surface area contributed by atoms with Crippen molar-refractivity contribution < 1.29 is 26.7 Å². The zero-order valence-corrected chi connectivity index (χ0v) is 17.1. The molecule has 0 aliphatic heterocycles. The third-order valence-electron chi connectivity index (χ3n) is 4.66. The fourth-order valence-corrected chi connectivity index (χ4v) is 2.93. The van der Waals surface area contributed by atoms with Gasteiger partial charge in [0.1, 0.15) is 29.6 Å². The molecule has 15 heteroatoms. The lowest BCUT2D eigenvalue weighted by atomic mass is 10.2. The maximum absolute atomic E-state index is 13.5. The number of pyridine rings is 1. The zero-order chi connectivity index (χ0) is 24.5. The van der Waals surface area contributed by atoms with E-state index in [9.17, 15) is 26.7 Å². The lowest BCUT2D eigenvalue weighted by Gasteiger charge is -2.18. The van der Waals surface area contributed by atoms with Crippen molar-refractivity contribution in [1.82, 2.24) is 39.5 Å². The number of amides is 1. The molecule has 0 saturated heterocycles. The Balaban J connectivity index is 1.62. The molecule has 4 rings (SSSR count). The lowest BCUT2D eigenvalue weighted by molar-refractivity contribution is -0.162. The van der Waals surface area contributed by atoms with E-state index in [1.807, 2.05) is 0 Å². The summed E-state index contributed by atoms with van der Waals surface area (Å²) in [6.07, 6.45) is -1.68. The van der Waals surface area contributed by atoms with Gasteiger partial charge in [0.25, 0.3) is 12.3 Å². The lowest BCUT2D eigenvalue weighted by Crippen LogP contribution is -2.24. The summed E-state index contributed by atoms with van der Waals surface area (Å²) in [6, 6.07) is 2.19. The molecule has 0 fully saturated rings. The Hall–Kier alpha value is -4.30. The Kier molecular flexibility index (Phi) is 6.00. The Labute approximate surface area is 187 Å². The van der Waals surface area contributed by atoms with Crippen molar-refractivity contribution in [3.63, 3.8) is 0 Å². The monoisotopic (exact) mass is 479 g/mol. The third-order valence-corrected chi connectivity index (χ3v) is 4.66. The SMILES string of the molecule is C[C@H](n1cnnc1-c1cccc(NC(=O)c2cn(-c3cnccn3)nc2C(F)F)n1)C(F)(F)F. The minimum atomic E-state index is -4.56. The van der Waals surface area contributed by atoms with Gasteiger partial charge in [0.05, 0.1) is 11.8 Å². The fraction of sp³-hybridized carbons (Fsp3) is 0.211. The summed E-state index contributed by atoms with van der Waals surface area (Å²) in [5.41, 5.74) is -1.25. The average molecular weight is 479 g/mol. The van der Waals surface area contributed by atoms with Gasteiger partial charge >= 0.3 is 6.18 Å². The number of halogens is 5. The quantitative estimate of drug-likeness (QED) is 0.420. The molecule has 4 aromatic heterocycles. The van der Waals surface area contributed by atoms with Crippen molar-refractivity contribution in [3.8, 4) is 17.3 Å². The standard InChI is InChI=1S/C19H14F5N9O/c1-10(19(22,23)24)32-9-27-30-17(32)12-3-2-4-13(28-12)29-18(34)11-8-33(31-15(11)16(20)21)14-7-25-5-6-26-14/h2-10,16H,1H3,(H,28,29,34)/t10-/m0/s1. The molecule has 10 nitrogen and oxygen atoms in total. The second kappa shape index (κ2) is 8.92. The molecule has 0 unspecified atom stereocenters. The normalized spacial score (nSPS) is 12.7. The number of rotatable bonds is 6. The van der Waals surface area contributed by atoms with Crippen LogP contribution in [0, 0.1) is 0 Å². The summed E-state index contributed by atoms with van der Waals surface area (Å²) in [5.74, 6) is -1.14. The van der Waals surface area contributed by atoms with E-state index in [-0.39, 0.29) is 23.2 Å². The van der Waals surface area contributed by atoms with E-state index in [0.29, 0.717) is 0 Å². The number of hydrogen-bond donors (Lipinski definition) is 1. The van der Waals surface area contributed by atoms with Gasteiger partial charge in [0.2, 0.25) is 0 Å². The van der Waals surface area contributed by atoms with Crippen LogP contribution in [0.1, 0.15) is 35.4 Å². The molecule has 0 aliphatic rings. The summed E-state index contributed by atoms with van der Waals surface area (Å²) >= 11 is 0. The Morgan fingerprint density at radius 1 is 1.18 bits per heavy atom. The van der Waals surface area contributed by atoms with Crippen molar-refractivity contribution >= 4 is 11.7 Å². The second-order valence-electron chi connectivity index (χ2n) is 6.88. The number of alkyl halides is 5. The highest BCUT2D eigenvalue weighted by atomic mass is 19.4. The molecular weight excluding hydrogens is 465 g/mol. The first-order valence-corrected chi connectivity index (χ1v) is 9.54. The number of carbonyl (C=O) groups is 1. The van der Waals surface area contributed by atoms with Crippen LogP contribution in [0.3, 0.4) is 0 Å². The number of nitrogens with one attached hydrogen (secondary N) is 1. The molecule has 0 aromatic carbocycles. The van der Waals surface area contributed by atoms with Crippen LogP contribution >= 0.6 is 0 Å². The molecule has 0 spiro atoms. The maximum atomic E-state index is 13.5. The third kappa shape index (κ3) is 4.57. The van der Waals surface area contributed by atoms with E-state index in [1.54, 1.807) is 0 Å². The molecule has 0 radical (unpaired) electrons. The Bertz CT molecular complexity index is 1300. The molecule has 4 aromatic rings. The summed E-state index contributed by atoms with van der Waals surface area (Å²) in [7, 11) is 0. The number of anilines is 1. The fourth-order valence-electron chi connectivity index (χ4n) is 2.93. The van der Waals surface area contributed by atoms with Crippen molar-refractivity contribution in [1.29, 1.82) is 0 Å². The van der Waals surface area contributed by atoms with Crippen LogP contribution in [-0.2, 0) is 0 Å². The van der Waals surface area contributed by atoms with Crippen LogP contribution in [-0.4, -0.2) is 51.6 Å². The molecule has 1 N–H and O–H groups in total. The van der Waals surface area contributed by atoms with Crippen molar-refractivity contribution in [2.45, 2.75) is 25.6 Å². The van der Waals surface area contributed by atoms with Gasteiger partial charge in [-0.3, -0.25) is 9.78 Å². The summed E-state index contributed by atoms with van der Waals surface area (Å²) in [5, 5.41) is 13.3. The highest BCUT2D eigenvalue weighted by Crippen LogP contribution is 2.32. The number of aromatic nitrogens is 8. The molecule has 0 bridgehead atoms. The minimum absolute atomic E-state index is 0.0178.